The van der Waals surface area contributed by atoms with Crippen LogP contribution in [0.25, 0.3) is 15.9 Å². The van der Waals surface area contributed by atoms with Crippen LogP contribution in [0, 0.1) is 136 Å². The molecule has 0 saturated carbocycles. The number of aromatic nitrogens is 6. The molecule has 18 nitrogen and oxygen atoms in total. The third kappa shape index (κ3) is 16.2. The molecule has 4 aromatic heterocycles. The molecule has 0 saturated heterocycles. The molecule has 0 spiro atoms. The van der Waals surface area contributed by atoms with Crippen molar-refractivity contribution in [2.75, 3.05) is 13.7 Å². The highest BCUT2D eigenvalue weighted by Gasteiger charge is 2.26. The molecule has 1 aromatic carbocycles. The van der Waals surface area contributed by atoms with Gasteiger partial charge < -0.3 is 20.1 Å². The van der Waals surface area contributed by atoms with Crippen molar-refractivity contribution in [3.05, 3.63) is 86.6 Å². The number of hydrogen-bond donors (Lipinski definition) is 2. The van der Waals surface area contributed by atoms with Gasteiger partial charge in [0.15, 0.2) is 5.65 Å². The third-order valence-corrected chi connectivity index (χ3v) is 9.05. The van der Waals surface area contributed by atoms with Crippen molar-refractivity contribution in [3.63, 3.8) is 0 Å². The average Bonchev–Trinajstić information content (AvgIpc) is 3.99. The van der Waals surface area contributed by atoms with Crippen molar-refractivity contribution >= 4 is 40.1 Å². The maximum Gasteiger partial charge on any atom is 0.352 e. The van der Waals surface area contributed by atoms with Gasteiger partial charge in [-0.05, 0) is 137 Å². The predicted octanol–water partition coefficient (Wildman–Crippen LogP) is 5.49. The Hall–Kier alpha value is -9.92. The van der Waals surface area contributed by atoms with Crippen LogP contribution < -0.4 is 16.3 Å². The molecule has 0 atom stereocenters. The normalized spacial score (nSPS) is 10.4. The van der Waals surface area contributed by atoms with Crippen molar-refractivity contribution in [2.24, 2.45) is 32.0 Å². The molecule has 0 radical (unpaired) electrons. The minimum Gasteiger partial charge on any atom is -0.497 e. The van der Waals surface area contributed by atoms with Gasteiger partial charge >= 0.3 is 5.69 Å². The number of rotatable bonds is 8. The topological polar surface area (TPSA) is 214 Å². The molecule has 66 heavy (non-hydrogen) atoms. The van der Waals surface area contributed by atoms with E-state index in [2.05, 4.69) is 198 Å². The number of methoxy groups -OCH3 is 1. The number of nitrogens with zero attached hydrogens (tertiary/aromatic N) is 13. The maximum absolute atomic E-state index is 13.3. The van der Waals surface area contributed by atoms with Crippen LogP contribution >= 0.6 is 24.2 Å². The van der Waals surface area contributed by atoms with Gasteiger partial charge in [-0.3, -0.25) is 9.47 Å². The van der Waals surface area contributed by atoms with Gasteiger partial charge in [0.2, 0.25) is 10.4 Å². The van der Waals surface area contributed by atoms with Crippen LogP contribution in [-0.4, -0.2) is 52.7 Å². The highest BCUT2D eigenvalue weighted by atomic mass is 32.1. The van der Waals surface area contributed by atoms with Crippen molar-refractivity contribution in [3.8, 4) is 137 Å². The van der Waals surface area contributed by atoms with Gasteiger partial charge in [-0.25, -0.2) is 19.7 Å². The number of hydrogen-bond acceptors (Lipinski definition) is 12. The van der Waals surface area contributed by atoms with Crippen molar-refractivity contribution in [1.82, 2.24) is 34.0 Å². The molecule has 6 rings (SSSR count). The maximum atomic E-state index is 13.3. The summed E-state index contributed by atoms with van der Waals surface area (Å²) in [6.07, 6.45) is 10.8. The monoisotopic (exact) mass is 920 g/mol. The first-order valence-corrected chi connectivity index (χ1v) is 19.5. The number of terminal acetylenes is 1. The molecule has 0 aliphatic carbocycles. The van der Waals surface area contributed by atoms with Gasteiger partial charge in [-0.1, -0.05) is 36.2 Å². The zero-order valence-corrected chi connectivity index (χ0v) is 36.3. The first kappa shape index (κ1) is 48.7. The van der Waals surface area contributed by atoms with Crippen LogP contribution in [0.5, 0.6) is 5.75 Å². The van der Waals surface area contributed by atoms with Gasteiger partial charge in [0, 0.05) is 70.7 Å². The Kier molecular flexibility index (Phi) is 21.1. The van der Waals surface area contributed by atoms with E-state index in [1.165, 1.54) is 21.3 Å². The van der Waals surface area contributed by atoms with Gasteiger partial charge in [0.1, 0.15) is 28.0 Å². The summed E-state index contributed by atoms with van der Waals surface area (Å²) < 4.78 is 12.2. The Balaban J connectivity index is -0.000000345. The van der Waals surface area contributed by atoms with Crippen LogP contribution in [0.1, 0.15) is 40.2 Å². The van der Waals surface area contributed by atoms with Crippen LogP contribution in [0.2, 0.25) is 0 Å². The summed E-state index contributed by atoms with van der Waals surface area (Å²) in [5.74, 6) is 58.0. The van der Waals surface area contributed by atoms with Gasteiger partial charge in [0.25, 0.3) is 0 Å². The molecule has 1 aliphatic rings. The first-order valence-electron chi connectivity index (χ1n) is 18.3. The minimum atomic E-state index is -0.293. The zero-order valence-electron chi connectivity index (χ0n) is 34.6. The largest absolute Gasteiger partial charge is 0.497 e. The van der Waals surface area contributed by atoms with E-state index in [1.807, 2.05) is 34.9 Å². The van der Waals surface area contributed by atoms with E-state index in [4.69, 9.17) is 11.2 Å². The Morgan fingerprint density at radius 1 is 0.864 bits per heavy atom. The van der Waals surface area contributed by atoms with E-state index in [9.17, 15) is 10.0 Å². The number of thiophene rings is 1. The lowest BCUT2D eigenvalue weighted by atomic mass is 10.1. The number of thiol groups is 1. The lowest BCUT2D eigenvalue weighted by molar-refractivity contribution is -0.744. The van der Waals surface area contributed by atoms with Gasteiger partial charge in [-0.2, -0.15) is 9.61 Å². The fraction of sp³-hybridized carbons (Fsp3) is 0.152. The molecule has 334 valence electrons. The average molecular weight is 921 g/mol. The van der Waals surface area contributed by atoms with E-state index in [1.54, 1.807) is 37.8 Å². The molecular weight excluding hydrogens is 877 g/mol. The molecule has 0 unspecified atom stereocenters. The molecule has 0 amide bonds. The van der Waals surface area contributed by atoms with Crippen LogP contribution in [0.4, 0.5) is 0 Å². The molecule has 20 heteroatoms. The molecule has 1 aliphatic heterocycles. The molecular formula is C46H44N14O4S2. The van der Waals surface area contributed by atoms with E-state index < -0.39 is 0 Å². The van der Waals surface area contributed by atoms with Crippen molar-refractivity contribution in [1.29, 1.82) is 0 Å². The third-order valence-electron chi connectivity index (χ3n) is 7.67. The molecule has 0 fully saturated rings. The summed E-state index contributed by atoms with van der Waals surface area (Å²) in [6.45, 7) is 4.55. The number of fused-ring (bicyclic) bond motifs is 5. The lowest BCUT2D eigenvalue weighted by Gasteiger charge is -2.25. The Labute approximate surface area is 400 Å². The smallest absolute Gasteiger partial charge is 0.352 e. The van der Waals surface area contributed by atoms with E-state index in [-0.39, 0.29) is 22.1 Å². The lowest BCUT2D eigenvalue weighted by Crippen LogP contribution is -2.30. The van der Waals surface area contributed by atoms with Crippen LogP contribution in [0.3, 0.4) is 0 Å². The molecule has 5 aromatic rings. The number of nitrogens with two attached hydrogens (primary N) is 1. The highest BCUT2D eigenvalue weighted by Crippen LogP contribution is 2.37. The summed E-state index contributed by atoms with van der Waals surface area (Å²) in [7, 11) is 1.64. The Morgan fingerprint density at radius 3 is 2.00 bits per heavy atom. The number of ether oxygens (including phenoxy) is 1. The second-order valence-corrected chi connectivity index (χ2v) is 12.8. The second-order valence-electron chi connectivity index (χ2n) is 11.6. The quantitative estimate of drug-likeness (QED) is 0.0499. The highest BCUT2D eigenvalue weighted by molar-refractivity contribution is 7.74. The first-order chi connectivity index (χ1) is 32.4. The standard InChI is InChI=1S/C23H21N7O2S.C23H4.H3N7O2S.8H2/c1-32-16-5-3-15(4-6-16)11-29-22-20(21-26-14-27-30(21)23(29)31)17-7-10-28(12-18(17)33-22)13-19-24-8-2-9-25-19;1-3-5-7-9-11-13-15-17-19-21-23-22-20-18-16-14-12-10-8-6-4-2;1-2-3-4-5-6-7(8)9-10;;;;;;;;/h2-6,8-9,14H,7,10-13H2,1H3;1H,2H3;10H,(H2,1,3,5);8*1H. The van der Waals surface area contributed by atoms with Crippen LogP contribution in [0.15, 0.2) is 80.0 Å². The van der Waals surface area contributed by atoms with Gasteiger partial charge in [-0.15, -0.1) is 17.8 Å². The molecule has 0 bridgehead atoms. The summed E-state index contributed by atoms with van der Waals surface area (Å²) in [6, 6.07) is 9.62. The van der Waals surface area contributed by atoms with E-state index in [0.717, 1.165) is 46.9 Å². The Bertz CT molecular complexity index is 3450. The number of benzene rings is 1. The fourth-order valence-corrected chi connectivity index (χ4v) is 6.56. The van der Waals surface area contributed by atoms with Crippen LogP contribution in [-0.2, 0) is 30.3 Å². The SMILES string of the molecule is C#CC#CC#CC#CC#CC#CC#CC#CC#CC#CC#CC.COc1ccc(Cn2c(=O)n3ncnc3c3c4c(sc32)CN(Cc2ncccn2)CC4)cc1.NN=NN=NN=[N+]([O-])OS.[HH].[HH].[HH].[HH].[HH].[HH].[HH].[HH]. The van der Waals surface area contributed by atoms with Crippen molar-refractivity contribution in [2.45, 2.75) is 33.0 Å². The summed E-state index contributed by atoms with van der Waals surface area (Å²) in [5.41, 5.74) is 2.74. The van der Waals surface area contributed by atoms with E-state index in [0.29, 0.717) is 18.7 Å². The summed E-state index contributed by atoms with van der Waals surface area (Å²) >= 11 is 4.75. The van der Waals surface area contributed by atoms with Crippen molar-refractivity contribution < 1.29 is 25.5 Å². The van der Waals surface area contributed by atoms with Gasteiger partial charge in [0.05, 0.1) is 30.6 Å². The predicted molar refractivity (Wildman–Crippen MR) is 264 cm³/mol. The minimum absolute atomic E-state index is 0. The summed E-state index contributed by atoms with van der Waals surface area (Å²) in [5, 5.41) is 28.7. The fourth-order valence-electron chi connectivity index (χ4n) is 5.15. The zero-order chi connectivity index (χ0) is 47.0. The summed E-state index contributed by atoms with van der Waals surface area (Å²) in [4.78, 5) is 31.0. The van der Waals surface area contributed by atoms with E-state index >= 15 is 0 Å². The Morgan fingerprint density at radius 2 is 1.45 bits per heavy atom. The second kappa shape index (κ2) is 28.6. The molecule has 2 N–H and O–H groups in total. The molecule has 5 heterocycles.